The van der Waals surface area contributed by atoms with E-state index in [1.165, 1.54) is 88.5 Å². The maximum Gasteiger partial charge on any atom is 0.305 e. The normalized spacial score (nSPS) is 22.9. The standard InChI is InChI=1S/C94H115F3N16O21S/c1-8-9-25-73-88(127)107-71(49-114)87(126)104-68(46-79(119)120)86(125)109-81(52(2)3)94(133)111(5)75(43-53-19-12-10-13-20-53)90(129)106-70(41-56-29-33-60(116)34-30-56)92(131)113-36-18-26-74(113)89(128)105-67(45-58-47-99-64-24-17-16-23-61(58)64)85(124)103-66(40-55-27-31-59(115)32-28-55)84(123)102-65(35-37-134-7)83(122)108-72(82(121)100-48-77(98)117)50-135-51-78(118)101-69(42-57-38-62(95)80(97)63(96)39-57)91(130)112(6)76(93(132)110(73)4)44-54-21-14-11-15-22-54/h10-17,19-24,27-34,38-39,47,52,65-76,81,99,114-116H,8-9,18,25-26,35-37,40-46,48-51H2,1-7H3,(H2,98,117)(H,100,121)(H,101,118)(H,102,123)(H,103,124)(H,104,126)(H,105,128)(H,106,129)(H,107,127)(H,108,122)(H,109,125)(H,119,120)/t65-,66-,67-,68-,69-,70-,71+,72-,73-,74+,75-,76-,81-/m0/s1. The molecule has 15 amide bonds. The largest absolute Gasteiger partial charge is 0.508 e. The van der Waals surface area contributed by atoms with Crippen molar-refractivity contribution in [2.75, 3.05) is 66.1 Å². The van der Waals surface area contributed by atoms with Crippen LogP contribution in [0.1, 0.15) is 99.1 Å². The van der Waals surface area contributed by atoms with Crippen LogP contribution in [0.25, 0.3) is 10.9 Å². The Kier molecular flexibility index (Phi) is 39.0. The van der Waals surface area contributed by atoms with E-state index in [2.05, 4.69) is 58.2 Å². The lowest BCUT2D eigenvalue weighted by Crippen LogP contribution is -2.62. The molecule has 2 fully saturated rings. The molecule has 37 nitrogen and oxygen atoms in total. The molecular weight excluding hydrogens is 1780 g/mol. The van der Waals surface area contributed by atoms with Crippen molar-refractivity contribution in [2.24, 2.45) is 11.7 Å². The van der Waals surface area contributed by atoms with Crippen LogP contribution < -0.4 is 58.9 Å². The van der Waals surface area contributed by atoms with E-state index in [4.69, 9.17) is 10.5 Å². The molecule has 7 aromatic rings. The van der Waals surface area contributed by atoms with Gasteiger partial charge in [0, 0.05) is 103 Å². The molecule has 0 bridgehead atoms. The summed E-state index contributed by atoms with van der Waals surface area (Å²) in [4.78, 5) is 244. The first-order chi connectivity index (χ1) is 64.4. The molecule has 2 aliphatic rings. The predicted octanol–water partition coefficient (Wildman–Crippen LogP) is 1.29. The number of aliphatic carboxylic acids is 1. The van der Waals surface area contributed by atoms with Gasteiger partial charge in [-0.15, -0.1) is 11.8 Å². The number of aromatic amines is 1. The van der Waals surface area contributed by atoms with Crippen LogP contribution in [0.2, 0.25) is 0 Å². The molecule has 0 aliphatic carbocycles. The van der Waals surface area contributed by atoms with E-state index in [0.717, 1.165) is 21.7 Å². The Morgan fingerprint density at radius 2 is 1.01 bits per heavy atom. The summed E-state index contributed by atoms with van der Waals surface area (Å²) < 4.78 is 50.3. The number of methoxy groups -OCH3 is 1. The molecule has 41 heteroatoms. The highest BCUT2D eigenvalue weighted by molar-refractivity contribution is 8.00. The molecule has 0 saturated carbocycles. The third-order valence-electron chi connectivity index (χ3n) is 23.3. The number of carboxylic acids is 1. The van der Waals surface area contributed by atoms with Crippen molar-refractivity contribution in [1.29, 1.82) is 0 Å². The number of fused-ring (bicyclic) bond motifs is 2. The lowest BCUT2D eigenvalue weighted by atomic mass is 9.98. The summed E-state index contributed by atoms with van der Waals surface area (Å²) in [6.45, 7) is 2.38. The number of nitrogens with two attached hydrogens (primary N) is 1. The average Bonchev–Trinajstić information content (AvgIpc) is 1.16. The zero-order valence-electron chi connectivity index (χ0n) is 75.6. The van der Waals surface area contributed by atoms with Crippen molar-refractivity contribution in [1.82, 2.24) is 77.8 Å². The lowest BCUT2D eigenvalue weighted by molar-refractivity contribution is -0.149. The predicted molar refractivity (Wildman–Crippen MR) is 487 cm³/mol. The lowest BCUT2D eigenvalue weighted by Gasteiger charge is -2.36. The summed E-state index contributed by atoms with van der Waals surface area (Å²) in [5.74, 6) is -25.2. The van der Waals surface area contributed by atoms with E-state index in [1.807, 2.05) is 0 Å². The second-order valence-corrected chi connectivity index (χ2v) is 34.6. The molecular formula is C94H115F3N16O21S. The zero-order valence-corrected chi connectivity index (χ0v) is 76.4. The number of aromatic hydroxyl groups is 2. The van der Waals surface area contributed by atoms with E-state index >= 15 is 47.1 Å². The second-order valence-electron chi connectivity index (χ2n) is 33.5. The summed E-state index contributed by atoms with van der Waals surface area (Å²) >= 11 is 0.634. The quantitative estimate of drug-likeness (QED) is 0.0358. The van der Waals surface area contributed by atoms with E-state index < -0.39 is 240 Å². The number of phenolic OH excluding ortho intramolecular Hbond substituents is 2. The average molecular weight is 1890 g/mol. The number of phenols is 2. The van der Waals surface area contributed by atoms with Gasteiger partial charge >= 0.3 is 5.97 Å². The smallest absolute Gasteiger partial charge is 0.305 e. The molecule has 0 spiro atoms. The van der Waals surface area contributed by atoms with E-state index in [0.29, 0.717) is 69.0 Å². The van der Waals surface area contributed by atoms with Crippen LogP contribution in [0.4, 0.5) is 13.2 Å². The van der Waals surface area contributed by atoms with Gasteiger partial charge in [-0.05, 0) is 107 Å². The van der Waals surface area contributed by atoms with Gasteiger partial charge in [0.2, 0.25) is 88.6 Å². The fraction of sp³-hybridized carbons (Fsp3) is 0.426. The van der Waals surface area contributed by atoms with Gasteiger partial charge in [0.15, 0.2) is 17.5 Å². The minimum Gasteiger partial charge on any atom is -0.508 e. The van der Waals surface area contributed by atoms with Crippen LogP contribution in [-0.2, 0) is 120 Å². The van der Waals surface area contributed by atoms with Gasteiger partial charge in [0.1, 0.15) is 90.0 Å². The maximum atomic E-state index is 15.7. The number of aliphatic hydroxyl groups excluding tert-OH is 1. The minimum absolute atomic E-state index is 0.0188. The van der Waals surface area contributed by atoms with Crippen molar-refractivity contribution >= 4 is 117 Å². The molecule has 13 atom stereocenters. The first kappa shape index (κ1) is 105. The Hall–Kier alpha value is -14.0. The number of aliphatic hydroxyl groups is 1. The highest BCUT2D eigenvalue weighted by Crippen LogP contribution is 2.27. The van der Waals surface area contributed by atoms with Gasteiger partial charge in [0.05, 0.1) is 25.3 Å². The number of H-pyrrole nitrogens is 1. The Morgan fingerprint density at radius 1 is 0.526 bits per heavy atom. The number of para-hydroxylation sites is 1. The molecule has 0 radical (unpaired) electrons. The number of benzene rings is 6. The Morgan fingerprint density at radius 3 is 1.60 bits per heavy atom. The van der Waals surface area contributed by atoms with E-state index in [-0.39, 0.29) is 88.9 Å². The summed E-state index contributed by atoms with van der Waals surface area (Å²) in [5.41, 5.74) is 7.74. The van der Waals surface area contributed by atoms with Gasteiger partial charge < -0.3 is 109 Å². The number of amides is 15. The van der Waals surface area contributed by atoms with Crippen LogP contribution in [0.3, 0.4) is 0 Å². The number of thioether (sulfide) groups is 1. The first-order valence-corrected chi connectivity index (χ1v) is 45.1. The molecule has 3 heterocycles. The number of nitrogens with zero attached hydrogens (tertiary/aromatic N) is 4. The topological polar surface area (TPSA) is 538 Å². The molecule has 724 valence electrons. The number of hydrogen-bond acceptors (Lipinski definition) is 21. The third-order valence-corrected chi connectivity index (χ3v) is 24.3. The van der Waals surface area contributed by atoms with Crippen molar-refractivity contribution in [2.45, 2.75) is 183 Å². The number of ether oxygens (including phenoxy) is 1. The van der Waals surface area contributed by atoms with Crippen molar-refractivity contribution in [3.8, 4) is 11.5 Å². The summed E-state index contributed by atoms with van der Waals surface area (Å²) in [6.07, 6.45) is -1.74. The summed E-state index contributed by atoms with van der Waals surface area (Å²) in [7, 11) is 4.84. The van der Waals surface area contributed by atoms with Gasteiger partial charge in [-0.1, -0.05) is 137 Å². The van der Waals surface area contributed by atoms with Gasteiger partial charge in [0.25, 0.3) is 0 Å². The highest BCUT2D eigenvalue weighted by Gasteiger charge is 2.45. The number of carboxylic acid groups (broad SMARTS) is 1. The SMILES string of the molecule is CCCC[C@H]1C(=O)N[C@H](CO)C(=O)N[C@@H](CC(=O)O)C(=O)N[C@@H](C(C)C)C(=O)N(C)[C@@H](Cc2ccccc2)C(=O)N[C@@H](Cc2ccc(O)cc2)C(=O)N2CCC[C@@H]2C(=O)N[C@@H](Cc2c[nH]c3ccccc23)C(=O)N[C@@H](Cc2ccc(O)cc2)C(=O)N[C@@H](CCOC)C(=O)N[C@H](C(=O)NCC(N)=O)CSCC(=O)N[C@@H](Cc2cc(F)c(F)c(F)c2)C(=O)N(C)[C@@H](Cc2ccccc2)C(=O)N1C. The van der Waals surface area contributed by atoms with Crippen LogP contribution in [0, 0.1) is 23.4 Å². The number of hydrogen-bond donors (Lipinski definition) is 16. The zero-order chi connectivity index (χ0) is 98.4. The van der Waals surface area contributed by atoms with Crippen molar-refractivity contribution in [3.05, 3.63) is 203 Å². The highest BCUT2D eigenvalue weighted by atomic mass is 32.2. The number of carbonyl (C=O) groups is 16. The number of nitrogens with one attached hydrogen (secondary N) is 11. The number of primary amides is 1. The number of aromatic nitrogens is 1. The molecule has 2 saturated heterocycles. The number of carbonyl (C=O) groups excluding carboxylic acids is 15. The van der Waals surface area contributed by atoms with Crippen LogP contribution >= 0.6 is 11.8 Å². The number of unbranched alkanes of at least 4 members (excludes halogenated alkanes) is 1. The number of rotatable bonds is 25. The van der Waals surface area contributed by atoms with E-state index in [9.17, 15) is 63.2 Å². The van der Waals surface area contributed by atoms with Crippen molar-refractivity contribution < 1.29 is 115 Å². The third kappa shape index (κ3) is 29.8. The fourth-order valence-electron chi connectivity index (χ4n) is 15.8. The Bertz CT molecular complexity index is 5350. The Balaban J connectivity index is 1.14. The monoisotopic (exact) mass is 1890 g/mol. The van der Waals surface area contributed by atoms with Crippen molar-refractivity contribution in [3.63, 3.8) is 0 Å². The second kappa shape index (κ2) is 50.2. The molecule has 1 aromatic heterocycles. The van der Waals surface area contributed by atoms with Crippen LogP contribution in [0.5, 0.6) is 11.5 Å². The minimum atomic E-state index is -2.09. The number of likely N-dealkylation sites (N-methyl/N-ethyl adjacent to an activating group) is 3. The maximum absolute atomic E-state index is 15.7. The van der Waals surface area contributed by atoms with Crippen LogP contribution in [0.15, 0.2) is 152 Å². The molecule has 135 heavy (non-hydrogen) atoms. The molecule has 6 aromatic carbocycles. The molecule has 2 aliphatic heterocycles. The van der Waals surface area contributed by atoms with Gasteiger partial charge in [-0.3, -0.25) is 76.7 Å². The fourth-order valence-corrected chi connectivity index (χ4v) is 16.7. The molecule has 9 rings (SSSR count). The number of halogens is 3. The summed E-state index contributed by atoms with van der Waals surface area (Å²) in [5, 5.41) is 68.2. The van der Waals surface area contributed by atoms with E-state index in [1.54, 1.807) is 98.0 Å². The molecule has 0 unspecified atom stereocenters. The first-order valence-electron chi connectivity index (χ1n) is 44.0. The van der Waals surface area contributed by atoms with Crippen LogP contribution in [-0.4, -0.2) is 284 Å². The van der Waals surface area contributed by atoms with Gasteiger partial charge in [-0.25, -0.2) is 13.2 Å². The summed E-state index contributed by atoms with van der Waals surface area (Å²) in [6, 6.07) is 13.3. The van der Waals surface area contributed by atoms with Gasteiger partial charge in [-0.2, -0.15) is 0 Å². The molecule has 17 N–H and O–H groups in total. The Labute approximate surface area is 780 Å².